The molecule has 4 heterocycles. The molecule has 9 nitrogen and oxygen atoms in total. The monoisotopic (exact) mass is 520 g/mol. The fourth-order valence-corrected chi connectivity index (χ4v) is 4.43. The third-order valence-electron chi connectivity index (χ3n) is 6.48. The lowest BCUT2D eigenvalue weighted by Crippen LogP contribution is -2.49. The average Bonchev–Trinajstić information content (AvgIpc) is 3.29. The number of carbonyl (C=O) groups excluding carboxylic acids is 1. The van der Waals surface area contributed by atoms with Gasteiger partial charge in [-0.25, -0.2) is 4.98 Å². The largest absolute Gasteiger partial charge is 0.401 e. The Kier molecular flexibility index (Phi) is 8.00. The number of hydrogen-bond acceptors (Lipinski definition) is 7. The summed E-state index contributed by atoms with van der Waals surface area (Å²) in [5, 5.41) is 26.0. The summed E-state index contributed by atoms with van der Waals surface area (Å²) in [6.45, 7) is 3.24. The summed E-state index contributed by atoms with van der Waals surface area (Å²) in [4.78, 5) is 26.5. The van der Waals surface area contributed by atoms with Crippen molar-refractivity contribution >= 4 is 22.6 Å². The van der Waals surface area contributed by atoms with Gasteiger partial charge >= 0.3 is 6.18 Å². The van der Waals surface area contributed by atoms with E-state index in [0.29, 0.717) is 53.8 Å². The number of carbonyl (C=O) groups is 1. The molecule has 0 radical (unpaired) electrons. The van der Waals surface area contributed by atoms with Crippen molar-refractivity contribution in [3.8, 4) is 11.1 Å². The Balaban J connectivity index is 1.56. The predicted molar refractivity (Wildman–Crippen MR) is 133 cm³/mol. The highest BCUT2D eigenvalue weighted by Gasteiger charge is 2.31. The number of aliphatic hydroxyl groups excluding tert-OH is 2. The van der Waals surface area contributed by atoms with Crippen molar-refractivity contribution in [2.24, 2.45) is 5.92 Å². The Bertz CT molecular complexity index is 1220. The van der Waals surface area contributed by atoms with Gasteiger partial charge in [-0.2, -0.15) is 13.2 Å². The number of aromatic amines is 1. The maximum atomic E-state index is 13.0. The lowest BCUT2D eigenvalue weighted by atomic mass is 10.0. The number of alkyl halides is 3. The molecule has 3 aromatic heterocycles. The lowest BCUT2D eigenvalue weighted by Gasteiger charge is -2.29. The minimum atomic E-state index is -4.44. The molecule has 0 aromatic carbocycles. The van der Waals surface area contributed by atoms with Gasteiger partial charge in [0.25, 0.3) is 5.91 Å². The van der Waals surface area contributed by atoms with Gasteiger partial charge in [0.2, 0.25) is 0 Å². The van der Waals surface area contributed by atoms with E-state index in [1.54, 1.807) is 43.3 Å². The maximum absolute atomic E-state index is 13.0. The Labute approximate surface area is 212 Å². The van der Waals surface area contributed by atoms with E-state index in [1.807, 2.05) is 0 Å². The van der Waals surface area contributed by atoms with Crippen LogP contribution < -0.4 is 10.6 Å². The molecule has 1 fully saturated rings. The molecule has 1 amide bonds. The van der Waals surface area contributed by atoms with E-state index in [4.69, 9.17) is 0 Å². The fourth-order valence-electron chi connectivity index (χ4n) is 4.43. The molecule has 0 spiro atoms. The highest BCUT2D eigenvalue weighted by atomic mass is 19.4. The van der Waals surface area contributed by atoms with Crippen molar-refractivity contribution in [1.29, 1.82) is 0 Å². The highest BCUT2D eigenvalue weighted by Crippen LogP contribution is 2.30. The number of hydrogen-bond donors (Lipinski definition) is 5. The summed E-state index contributed by atoms with van der Waals surface area (Å²) in [6, 6.07) is 2.84. The Morgan fingerprint density at radius 3 is 2.62 bits per heavy atom. The minimum absolute atomic E-state index is 0.151. The van der Waals surface area contributed by atoms with Gasteiger partial charge in [0.15, 0.2) is 0 Å². The smallest absolute Gasteiger partial charge is 0.393 e. The topological polar surface area (TPSA) is 126 Å². The molecule has 1 saturated heterocycles. The van der Waals surface area contributed by atoms with E-state index in [2.05, 4.69) is 25.6 Å². The van der Waals surface area contributed by atoms with Gasteiger partial charge in [-0.15, -0.1) is 0 Å². The van der Waals surface area contributed by atoms with Crippen LogP contribution in [0.1, 0.15) is 37.0 Å². The molecule has 3 aromatic rings. The normalized spacial score (nSPS) is 16.8. The molecule has 12 heteroatoms. The number of piperidine rings is 1. The van der Waals surface area contributed by atoms with Crippen molar-refractivity contribution in [2.75, 3.05) is 25.0 Å². The third-order valence-corrected chi connectivity index (χ3v) is 6.48. The van der Waals surface area contributed by atoms with Gasteiger partial charge in [-0.3, -0.25) is 15.1 Å². The number of aromatic nitrogens is 3. The van der Waals surface area contributed by atoms with E-state index in [1.165, 1.54) is 12.4 Å². The van der Waals surface area contributed by atoms with E-state index >= 15 is 0 Å². The lowest BCUT2D eigenvalue weighted by molar-refractivity contribution is -0.132. The van der Waals surface area contributed by atoms with Gasteiger partial charge in [-0.05, 0) is 30.9 Å². The van der Waals surface area contributed by atoms with Crippen LogP contribution in [0.3, 0.4) is 0 Å². The molecule has 5 N–H and O–H groups in total. The number of amides is 1. The Hall–Kier alpha value is -3.22. The maximum Gasteiger partial charge on any atom is 0.401 e. The van der Waals surface area contributed by atoms with E-state index in [0.717, 1.165) is 5.56 Å². The number of rotatable bonds is 8. The van der Waals surface area contributed by atoms with E-state index < -0.39 is 25.0 Å². The number of halogens is 3. The second-order valence-electron chi connectivity index (χ2n) is 9.66. The molecule has 0 bridgehead atoms. The molecule has 1 aliphatic heterocycles. The first kappa shape index (κ1) is 26.8. The first-order valence-electron chi connectivity index (χ1n) is 12.2. The molecule has 200 valence electrons. The molecule has 37 heavy (non-hydrogen) atoms. The average molecular weight is 521 g/mol. The number of pyridine rings is 2. The van der Waals surface area contributed by atoms with E-state index in [-0.39, 0.29) is 17.9 Å². The summed E-state index contributed by atoms with van der Waals surface area (Å²) >= 11 is 0. The molecule has 2 unspecified atom stereocenters. The van der Waals surface area contributed by atoms with Crippen molar-refractivity contribution < 1.29 is 28.2 Å². The summed E-state index contributed by atoms with van der Waals surface area (Å²) in [5.74, 6) is -0.344. The summed E-state index contributed by atoms with van der Waals surface area (Å²) < 4.78 is 37.8. The highest BCUT2D eigenvalue weighted by molar-refractivity contribution is 6.01. The van der Waals surface area contributed by atoms with Crippen LogP contribution in [-0.2, 0) is 0 Å². The number of likely N-dealkylation sites (tertiary alicyclic amines) is 1. The zero-order chi connectivity index (χ0) is 26.7. The standard InChI is InChI=1S/C25H31F3N6O3/c1-14(2)21(23(36)32-13-25(26,27)28)33-17-7-15(9-29-11-17)20-12-31-22-19(20)8-16(10-30-22)24(37)34-5-3-18(35)4-6-34/h7-12,14,18,21,23,32-33,35-36H,3-6,13H2,1-2H3,(H,30,31). The quantitative estimate of drug-likeness (QED) is 0.289. The first-order valence-corrected chi connectivity index (χ1v) is 12.2. The number of aliphatic hydroxyl groups is 2. The Morgan fingerprint density at radius 1 is 1.22 bits per heavy atom. The molecule has 4 rings (SSSR count). The number of nitrogens with one attached hydrogen (secondary N) is 3. The molecular weight excluding hydrogens is 489 g/mol. The number of fused-ring (bicyclic) bond motifs is 1. The second kappa shape index (κ2) is 11.0. The van der Waals surface area contributed by atoms with Crippen LogP contribution in [0, 0.1) is 5.92 Å². The SMILES string of the molecule is CC(C)C(Nc1cncc(-c2c[nH]c3ncc(C(=O)N4CCC(O)CC4)cc23)c1)C(O)NCC(F)(F)F. The van der Waals surface area contributed by atoms with Gasteiger partial charge < -0.3 is 25.4 Å². The van der Waals surface area contributed by atoms with Crippen LogP contribution in [0.15, 0.2) is 36.9 Å². The molecule has 1 aliphatic rings. The molecule has 2 atom stereocenters. The fraction of sp³-hybridized carbons (Fsp3) is 0.480. The second-order valence-corrected chi connectivity index (χ2v) is 9.66. The van der Waals surface area contributed by atoms with Crippen molar-refractivity contribution in [3.05, 3.63) is 42.5 Å². The first-order chi connectivity index (χ1) is 17.5. The van der Waals surface area contributed by atoms with Crippen LogP contribution in [0.5, 0.6) is 0 Å². The van der Waals surface area contributed by atoms with Crippen LogP contribution in [-0.4, -0.2) is 80.2 Å². The van der Waals surface area contributed by atoms with Gasteiger partial charge in [0.05, 0.1) is 29.9 Å². The molecule has 0 saturated carbocycles. The predicted octanol–water partition coefficient (Wildman–Crippen LogP) is 3.13. The number of nitrogens with zero attached hydrogens (tertiary/aromatic N) is 3. The third kappa shape index (κ3) is 6.56. The zero-order valence-corrected chi connectivity index (χ0v) is 20.6. The van der Waals surface area contributed by atoms with Crippen LogP contribution >= 0.6 is 0 Å². The Morgan fingerprint density at radius 2 is 1.95 bits per heavy atom. The number of H-pyrrole nitrogens is 1. The van der Waals surface area contributed by atoms with Crippen LogP contribution in [0.2, 0.25) is 0 Å². The minimum Gasteiger partial charge on any atom is -0.393 e. The molecular formula is C25H31F3N6O3. The van der Waals surface area contributed by atoms with Gasteiger partial charge in [0.1, 0.15) is 11.9 Å². The van der Waals surface area contributed by atoms with Crippen molar-refractivity contribution in [3.63, 3.8) is 0 Å². The van der Waals surface area contributed by atoms with Gasteiger partial charge in [0, 0.05) is 54.4 Å². The molecule has 0 aliphatic carbocycles. The zero-order valence-electron chi connectivity index (χ0n) is 20.6. The summed E-state index contributed by atoms with van der Waals surface area (Å²) in [5.41, 5.74) is 2.99. The van der Waals surface area contributed by atoms with Gasteiger partial charge in [-0.1, -0.05) is 13.8 Å². The van der Waals surface area contributed by atoms with Crippen molar-refractivity contribution in [1.82, 2.24) is 25.2 Å². The summed E-state index contributed by atoms with van der Waals surface area (Å²) in [6.07, 6.45) is 1.26. The van der Waals surface area contributed by atoms with Crippen molar-refractivity contribution in [2.45, 2.75) is 51.2 Å². The van der Waals surface area contributed by atoms with E-state index in [9.17, 15) is 28.2 Å². The van der Waals surface area contributed by atoms with Crippen LogP contribution in [0.4, 0.5) is 18.9 Å². The summed E-state index contributed by atoms with van der Waals surface area (Å²) in [7, 11) is 0. The van der Waals surface area contributed by atoms with Crippen LogP contribution in [0.25, 0.3) is 22.2 Å². The number of anilines is 1.